The van der Waals surface area contributed by atoms with Gasteiger partial charge in [0.2, 0.25) is 11.8 Å². The number of aromatic nitrogens is 1. The van der Waals surface area contributed by atoms with Crippen LogP contribution in [-0.4, -0.2) is 41.3 Å². The Morgan fingerprint density at radius 3 is 2.59 bits per heavy atom. The zero-order valence-electron chi connectivity index (χ0n) is 18.0. The van der Waals surface area contributed by atoms with Gasteiger partial charge in [0.15, 0.2) is 5.75 Å². The molecule has 1 aromatic rings. The van der Waals surface area contributed by atoms with Gasteiger partial charge in [0, 0.05) is 18.7 Å². The van der Waals surface area contributed by atoms with Crippen molar-refractivity contribution in [3.63, 3.8) is 0 Å². The van der Waals surface area contributed by atoms with E-state index in [0.29, 0.717) is 25.7 Å². The number of amides is 3. The molecule has 3 rings (SSSR count). The molecule has 0 aromatic carbocycles. The first-order valence-electron chi connectivity index (χ1n) is 11.1. The molecule has 1 aromatic heterocycles. The molecule has 2 unspecified atom stereocenters. The normalized spacial score (nSPS) is 20.8. The Morgan fingerprint density at radius 1 is 1.22 bits per heavy atom. The third-order valence-electron chi connectivity index (χ3n) is 6.26. The van der Waals surface area contributed by atoms with Gasteiger partial charge < -0.3 is 25.9 Å². The van der Waals surface area contributed by atoms with Gasteiger partial charge in [-0.1, -0.05) is 32.1 Å². The summed E-state index contributed by atoms with van der Waals surface area (Å²) in [6.45, 7) is 0.551. The molecule has 3 atom stereocenters. The van der Waals surface area contributed by atoms with Gasteiger partial charge in [-0.15, -0.1) is 0 Å². The van der Waals surface area contributed by atoms with Crippen LogP contribution in [0.2, 0.25) is 0 Å². The molecule has 1 aliphatic heterocycles. The molecule has 32 heavy (non-hydrogen) atoms. The number of hydrogen-bond acceptors (Lipinski definition) is 6. The lowest BCUT2D eigenvalue weighted by atomic mass is 9.84. The van der Waals surface area contributed by atoms with Crippen LogP contribution in [0.4, 0.5) is 4.79 Å². The second-order valence-corrected chi connectivity index (χ2v) is 8.52. The number of hydrogen-bond donors (Lipinski definition) is 3. The van der Waals surface area contributed by atoms with E-state index in [-0.39, 0.29) is 29.9 Å². The lowest BCUT2D eigenvalue weighted by molar-refractivity contribution is -0.128. The fourth-order valence-electron chi connectivity index (χ4n) is 4.61. The molecule has 2 aliphatic rings. The lowest BCUT2D eigenvalue weighted by Crippen LogP contribution is -2.44. The van der Waals surface area contributed by atoms with E-state index < -0.39 is 29.6 Å². The van der Waals surface area contributed by atoms with Crippen LogP contribution < -0.4 is 26.7 Å². The average Bonchev–Trinajstić information content (AvgIpc) is 3.18. The molecular formula is C22H30N4O6. The molecule has 4 N–H and O–H groups in total. The van der Waals surface area contributed by atoms with Crippen LogP contribution in [0, 0.1) is 11.8 Å². The monoisotopic (exact) mass is 446 g/mol. The van der Waals surface area contributed by atoms with Crippen LogP contribution in [0.5, 0.6) is 5.75 Å². The minimum Gasteiger partial charge on any atom is -0.405 e. The number of nitrogens with two attached hydrogens (primary N) is 1. The largest absolute Gasteiger partial charge is 0.410 e. The van der Waals surface area contributed by atoms with Crippen molar-refractivity contribution in [1.29, 1.82) is 0 Å². The van der Waals surface area contributed by atoms with Crippen molar-refractivity contribution in [3.8, 4) is 5.75 Å². The summed E-state index contributed by atoms with van der Waals surface area (Å²) in [5, 5.41) is 5.43. The van der Waals surface area contributed by atoms with E-state index in [1.54, 1.807) is 0 Å². The van der Waals surface area contributed by atoms with E-state index in [0.717, 1.165) is 32.1 Å². The molecule has 2 fully saturated rings. The molecule has 1 saturated heterocycles. The van der Waals surface area contributed by atoms with Gasteiger partial charge in [0.05, 0.1) is 6.04 Å². The molecule has 10 heteroatoms. The highest BCUT2D eigenvalue weighted by Crippen LogP contribution is 2.31. The Balaban J connectivity index is 1.82. The summed E-state index contributed by atoms with van der Waals surface area (Å²) in [5.41, 5.74) is 4.39. The second kappa shape index (κ2) is 10.9. The van der Waals surface area contributed by atoms with Gasteiger partial charge in [-0.25, -0.2) is 4.79 Å². The molecule has 10 nitrogen and oxygen atoms in total. The molecule has 0 spiro atoms. The van der Waals surface area contributed by atoms with Crippen molar-refractivity contribution < 1.29 is 23.9 Å². The summed E-state index contributed by atoms with van der Waals surface area (Å²) < 4.78 is 6.01. The van der Waals surface area contributed by atoms with Crippen LogP contribution in [0.3, 0.4) is 0 Å². The molecule has 0 bridgehead atoms. The predicted octanol–water partition coefficient (Wildman–Crippen LogP) is 1.03. The Hall–Kier alpha value is -3.17. The van der Waals surface area contributed by atoms with Crippen molar-refractivity contribution in [1.82, 2.24) is 15.2 Å². The highest BCUT2D eigenvalue weighted by Gasteiger charge is 2.31. The summed E-state index contributed by atoms with van der Waals surface area (Å²) in [5.74, 6) is -0.961. The summed E-state index contributed by atoms with van der Waals surface area (Å²) in [6.07, 6.45) is 7.37. The molecule has 0 radical (unpaired) electrons. The van der Waals surface area contributed by atoms with Crippen LogP contribution in [0.15, 0.2) is 23.1 Å². The van der Waals surface area contributed by atoms with Gasteiger partial charge in [0.25, 0.3) is 5.56 Å². The van der Waals surface area contributed by atoms with Crippen LogP contribution >= 0.6 is 0 Å². The number of nitrogens with zero attached hydrogens (tertiary/aromatic N) is 1. The Morgan fingerprint density at radius 2 is 1.97 bits per heavy atom. The van der Waals surface area contributed by atoms with Gasteiger partial charge in [-0.3, -0.25) is 19.0 Å². The summed E-state index contributed by atoms with van der Waals surface area (Å²) in [7, 11) is 0. The van der Waals surface area contributed by atoms with E-state index in [1.807, 2.05) is 0 Å². The zero-order valence-corrected chi connectivity index (χ0v) is 18.0. The predicted molar refractivity (Wildman–Crippen MR) is 115 cm³/mol. The molecule has 3 amide bonds. The average molecular weight is 447 g/mol. The number of primary amides is 1. The first-order chi connectivity index (χ1) is 15.4. The topological polar surface area (TPSA) is 150 Å². The first-order valence-corrected chi connectivity index (χ1v) is 11.1. The third-order valence-corrected chi connectivity index (χ3v) is 6.26. The minimum atomic E-state index is -1.12. The number of aldehydes is 1. The second-order valence-electron chi connectivity index (χ2n) is 8.52. The summed E-state index contributed by atoms with van der Waals surface area (Å²) in [6, 6.07) is 1.08. The molecule has 174 valence electrons. The Kier molecular flexibility index (Phi) is 8.02. The quantitative estimate of drug-likeness (QED) is 0.482. The molecule has 2 heterocycles. The van der Waals surface area contributed by atoms with E-state index in [1.165, 1.54) is 22.9 Å². The van der Waals surface area contributed by atoms with Crippen molar-refractivity contribution in [2.45, 2.75) is 63.5 Å². The van der Waals surface area contributed by atoms with Gasteiger partial charge in [-0.05, 0) is 37.3 Å². The molecule has 1 aliphatic carbocycles. The van der Waals surface area contributed by atoms with Crippen molar-refractivity contribution >= 4 is 24.2 Å². The van der Waals surface area contributed by atoms with E-state index in [9.17, 15) is 24.0 Å². The fourth-order valence-corrected chi connectivity index (χ4v) is 4.61. The SMILES string of the molecule is NC(=O)Oc1cccn(C(CC2CCCCC2)C(=O)NC(C=O)C[C@@H]2CCNC2=O)c1=O. The number of carbonyl (C=O) groups is 4. The van der Waals surface area contributed by atoms with Crippen molar-refractivity contribution in [2.24, 2.45) is 17.6 Å². The van der Waals surface area contributed by atoms with Crippen LogP contribution in [-0.2, 0) is 14.4 Å². The van der Waals surface area contributed by atoms with Gasteiger partial charge in [0.1, 0.15) is 12.3 Å². The van der Waals surface area contributed by atoms with Gasteiger partial charge >= 0.3 is 6.09 Å². The van der Waals surface area contributed by atoms with Crippen molar-refractivity contribution in [3.05, 3.63) is 28.7 Å². The number of ether oxygens (including phenoxy) is 1. The Bertz CT molecular complexity index is 908. The Labute approximate surface area is 185 Å². The fraction of sp³-hybridized carbons (Fsp3) is 0.591. The van der Waals surface area contributed by atoms with E-state index >= 15 is 0 Å². The minimum absolute atomic E-state index is 0.127. The first kappa shape index (κ1) is 23.5. The standard InChI is InChI=1S/C22H30N4O6/c23-22(31)32-18-7-4-10-26(21(18)30)17(11-14-5-2-1-3-6-14)20(29)25-16(13-27)12-15-8-9-24-19(15)28/h4,7,10,13-17H,1-3,5-6,8-9,11-12H2,(H2,23,31)(H,24,28)(H,25,29)/t15-,16?,17?/m0/s1. The van der Waals surface area contributed by atoms with Crippen LogP contribution in [0.1, 0.15) is 57.4 Å². The lowest BCUT2D eigenvalue weighted by Gasteiger charge is -2.28. The third kappa shape index (κ3) is 5.95. The van der Waals surface area contributed by atoms with Crippen molar-refractivity contribution in [2.75, 3.05) is 6.54 Å². The number of carbonyl (C=O) groups excluding carboxylic acids is 4. The summed E-state index contributed by atoms with van der Waals surface area (Å²) in [4.78, 5) is 60.8. The highest BCUT2D eigenvalue weighted by molar-refractivity contribution is 5.84. The smallest absolute Gasteiger partial charge is 0.405 e. The molecular weight excluding hydrogens is 416 g/mol. The maximum Gasteiger partial charge on any atom is 0.410 e. The number of rotatable bonds is 9. The highest BCUT2D eigenvalue weighted by atomic mass is 16.5. The zero-order chi connectivity index (χ0) is 23.1. The van der Waals surface area contributed by atoms with Gasteiger partial charge in [-0.2, -0.15) is 0 Å². The summed E-state index contributed by atoms with van der Waals surface area (Å²) >= 11 is 0. The number of pyridine rings is 1. The van der Waals surface area contributed by atoms with E-state index in [2.05, 4.69) is 10.6 Å². The van der Waals surface area contributed by atoms with E-state index in [4.69, 9.17) is 10.5 Å². The number of nitrogens with one attached hydrogen (secondary N) is 2. The maximum absolute atomic E-state index is 13.3. The maximum atomic E-state index is 13.3. The van der Waals surface area contributed by atoms with Crippen LogP contribution in [0.25, 0.3) is 0 Å². The molecule has 1 saturated carbocycles.